The van der Waals surface area contributed by atoms with E-state index >= 15 is 0 Å². The number of amidine groups is 1. The van der Waals surface area contributed by atoms with Crippen LogP contribution in [-0.4, -0.2) is 5.84 Å². The lowest BCUT2D eigenvalue weighted by atomic mass is 10.5. The van der Waals surface area contributed by atoms with Crippen molar-refractivity contribution >= 4 is 5.84 Å². The van der Waals surface area contributed by atoms with Crippen LogP contribution in [0, 0.1) is 10.9 Å². The molecule has 0 aromatic heterocycles. The Balaban J connectivity index is 4.03. The van der Waals surface area contributed by atoms with Gasteiger partial charge in [0.2, 0.25) is 5.84 Å². The summed E-state index contributed by atoms with van der Waals surface area (Å²) in [5, 5.41) is 8.94. The summed E-state index contributed by atoms with van der Waals surface area (Å²) in [6.07, 6.45) is 0.584. The van der Waals surface area contributed by atoms with E-state index in [1.54, 1.807) is 0 Å². The molecule has 0 aliphatic carbocycles. The lowest BCUT2D eigenvalue weighted by Gasteiger charge is -1.84. The number of hydrogen-bond donors (Lipinski definition) is 3. The van der Waals surface area contributed by atoms with E-state index in [9.17, 15) is 4.39 Å². The van der Waals surface area contributed by atoms with Gasteiger partial charge in [-0.1, -0.05) is 0 Å². The fourth-order valence-electron chi connectivity index (χ4n) is 0.132. The first-order valence-electron chi connectivity index (χ1n) is 1.76. The Hall–Kier alpha value is -1.26. The summed E-state index contributed by atoms with van der Waals surface area (Å²) in [5.41, 5.74) is 10.7. The predicted molar refractivity (Wildman–Crippen MR) is 26.3 cm³/mol. The third kappa shape index (κ3) is 1.46. The van der Waals surface area contributed by atoms with Crippen molar-refractivity contribution < 1.29 is 4.39 Å². The molecule has 0 saturated heterocycles. The highest BCUT2D eigenvalue weighted by atomic mass is 19.1. The minimum absolute atomic E-state index is 0.584. The van der Waals surface area contributed by atoms with E-state index in [1.165, 1.54) is 0 Å². The first-order valence-corrected chi connectivity index (χ1v) is 1.76. The van der Waals surface area contributed by atoms with Gasteiger partial charge in [0, 0.05) is 6.20 Å². The quantitative estimate of drug-likeness (QED) is 0.263. The zero-order valence-electron chi connectivity index (χ0n) is 3.98. The van der Waals surface area contributed by atoms with Gasteiger partial charge in [-0.25, -0.2) is 9.92 Å². The average molecular weight is 116 g/mol. The van der Waals surface area contributed by atoms with E-state index in [1.807, 2.05) is 0 Å². The van der Waals surface area contributed by atoms with Gasteiger partial charge in [-0.2, -0.15) is 0 Å². The minimum atomic E-state index is -0.986. The number of nitrogens with two attached hydrogens (primary N) is 1. The number of rotatable bonds is 1. The molecular formula is C3H5FN4. The molecule has 44 valence electrons. The molecule has 0 saturated carbocycles. The van der Waals surface area contributed by atoms with Crippen LogP contribution in [0.1, 0.15) is 0 Å². The van der Waals surface area contributed by atoms with Gasteiger partial charge in [0.15, 0.2) is 5.83 Å². The highest BCUT2D eigenvalue weighted by Crippen LogP contribution is 1.94. The second-order valence-corrected chi connectivity index (χ2v) is 0.975. The van der Waals surface area contributed by atoms with Crippen LogP contribution in [0.5, 0.6) is 0 Å². The topological polar surface area (TPSA) is 86.1 Å². The predicted octanol–water partition coefficient (Wildman–Crippen LogP) is 0.764. The zero-order valence-corrected chi connectivity index (χ0v) is 3.98. The molecule has 0 aromatic carbocycles. The smallest absolute Gasteiger partial charge is 0.204 e. The molecule has 0 spiro atoms. The van der Waals surface area contributed by atoms with Crippen LogP contribution < -0.4 is 5.73 Å². The van der Waals surface area contributed by atoms with Crippen molar-refractivity contribution in [1.29, 1.82) is 10.9 Å². The molecule has 0 fully saturated rings. The maximum absolute atomic E-state index is 11.8. The molecule has 4 N–H and O–H groups in total. The van der Waals surface area contributed by atoms with E-state index in [-0.39, 0.29) is 0 Å². The highest BCUT2D eigenvalue weighted by molar-refractivity contribution is 5.93. The molecule has 8 heavy (non-hydrogen) atoms. The number of hydrogen-bond acceptors (Lipinski definition) is 3. The molecule has 0 unspecified atom stereocenters. The molecule has 0 aliphatic heterocycles. The van der Waals surface area contributed by atoms with Crippen molar-refractivity contribution in [2.24, 2.45) is 10.8 Å². The van der Waals surface area contributed by atoms with Gasteiger partial charge in [-0.3, -0.25) is 5.41 Å². The Morgan fingerprint density at radius 2 is 2.25 bits per heavy atom. The molecule has 0 atom stereocenters. The molecule has 0 radical (unpaired) electrons. The second-order valence-electron chi connectivity index (χ2n) is 0.975. The normalized spacial score (nSPS) is 10.9. The summed E-state index contributed by atoms with van der Waals surface area (Å²) in [4.78, 5) is 0. The van der Waals surface area contributed by atoms with Crippen LogP contribution in [0.25, 0.3) is 0 Å². The molecule has 4 nitrogen and oxygen atoms in total. The maximum atomic E-state index is 11.8. The number of halogens is 1. The Kier molecular flexibility index (Phi) is 2.39. The van der Waals surface area contributed by atoms with Gasteiger partial charge in [-0.05, 0) is 0 Å². The van der Waals surface area contributed by atoms with Crippen molar-refractivity contribution in [1.82, 2.24) is 0 Å². The third-order valence-electron chi connectivity index (χ3n) is 0.484. The van der Waals surface area contributed by atoms with Crippen molar-refractivity contribution in [3.05, 3.63) is 12.0 Å². The van der Waals surface area contributed by atoms with Crippen LogP contribution in [-0.2, 0) is 0 Å². The van der Waals surface area contributed by atoms with Crippen LogP contribution >= 0.6 is 0 Å². The van der Waals surface area contributed by atoms with Gasteiger partial charge in [0.05, 0.1) is 0 Å². The molecule has 5 heteroatoms. The summed E-state index contributed by atoms with van der Waals surface area (Å²) in [7, 11) is 0. The van der Waals surface area contributed by atoms with Crippen LogP contribution in [0.15, 0.2) is 17.1 Å². The van der Waals surface area contributed by atoms with Crippen molar-refractivity contribution in [2.45, 2.75) is 0 Å². The van der Waals surface area contributed by atoms with E-state index < -0.39 is 11.7 Å². The number of nitrogens with one attached hydrogen (secondary N) is 2. The van der Waals surface area contributed by atoms with Crippen molar-refractivity contribution in [3.8, 4) is 0 Å². The standard InChI is InChI=1S/C3H5FN4/c4-2(1-5)3(6)8-7/h1,6-7H,5H2. The second kappa shape index (κ2) is 2.84. The molecule has 0 amide bonds. The Morgan fingerprint density at radius 1 is 1.75 bits per heavy atom. The number of nitrogens with zero attached hydrogens (tertiary/aromatic N) is 1. The van der Waals surface area contributed by atoms with E-state index in [0.717, 1.165) is 0 Å². The highest BCUT2D eigenvalue weighted by Gasteiger charge is 1.97. The summed E-state index contributed by atoms with van der Waals surface area (Å²) in [6.45, 7) is 0. The molecule has 0 heterocycles. The average Bonchev–Trinajstić information content (AvgIpc) is 1.84. The Bertz CT molecular complexity index is 138. The lowest BCUT2D eigenvalue weighted by Crippen LogP contribution is -1.93. The zero-order chi connectivity index (χ0) is 6.57. The molecule has 0 aromatic rings. The molecule has 0 rings (SSSR count). The minimum Gasteiger partial charge on any atom is -0.402 e. The van der Waals surface area contributed by atoms with Crippen LogP contribution in [0.2, 0.25) is 0 Å². The fraction of sp³-hybridized carbons (Fsp3) is 0. The lowest BCUT2D eigenvalue weighted by molar-refractivity contribution is 0.672. The SMILES string of the molecule is N=NC(=N)C(F)=CN. The maximum Gasteiger partial charge on any atom is 0.204 e. The first-order chi connectivity index (χ1) is 3.72. The van der Waals surface area contributed by atoms with Crippen LogP contribution in [0.4, 0.5) is 4.39 Å². The van der Waals surface area contributed by atoms with E-state index in [0.29, 0.717) is 6.20 Å². The summed E-state index contributed by atoms with van der Waals surface area (Å²) in [6, 6.07) is 0. The summed E-state index contributed by atoms with van der Waals surface area (Å²) in [5.74, 6) is -1.74. The Labute approximate surface area is 45.2 Å². The van der Waals surface area contributed by atoms with E-state index in [2.05, 4.69) is 10.8 Å². The molecule has 0 aliphatic rings. The Morgan fingerprint density at radius 3 is 2.38 bits per heavy atom. The van der Waals surface area contributed by atoms with Crippen LogP contribution in [0.3, 0.4) is 0 Å². The van der Waals surface area contributed by atoms with Gasteiger partial charge in [0.25, 0.3) is 0 Å². The van der Waals surface area contributed by atoms with Crippen molar-refractivity contribution in [2.75, 3.05) is 0 Å². The van der Waals surface area contributed by atoms with Crippen molar-refractivity contribution in [3.63, 3.8) is 0 Å². The first kappa shape index (κ1) is 6.74. The molecular weight excluding hydrogens is 111 g/mol. The van der Waals surface area contributed by atoms with Gasteiger partial charge in [0.1, 0.15) is 0 Å². The summed E-state index contributed by atoms with van der Waals surface area (Å²) >= 11 is 0. The van der Waals surface area contributed by atoms with Gasteiger partial charge < -0.3 is 5.73 Å². The van der Waals surface area contributed by atoms with Gasteiger partial charge >= 0.3 is 0 Å². The largest absolute Gasteiger partial charge is 0.402 e. The third-order valence-corrected chi connectivity index (χ3v) is 0.484. The monoisotopic (exact) mass is 116 g/mol. The molecule has 0 bridgehead atoms. The van der Waals surface area contributed by atoms with E-state index in [4.69, 9.17) is 10.9 Å². The fourth-order valence-corrected chi connectivity index (χ4v) is 0.132. The summed E-state index contributed by atoms with van der Waals surface area (Å²) < 4.78 is 11.8. The van der Waals surface area contributed by atoms with Gasteiger partial charge in [-0.15, -0.1) is 5.11 Å².